The zero-order chi connectivity index (χ0) is 14.3. The summed E-state index contributed by atoms with van der Waals surface area (Å²) in [7, 11) is -11.7. The van der Waals surface area contributed by atoms with E-state index in [4.69, 9.17) is 60.3 Å². The fraction of sp³-hybridized carbons (Fsp3) is 0. The Morgan fingerprint density at radius 2 is 0.333 bits per heavy atom. The Morgan fingerprint density at radius 1 is 0.333 bits per heavy atom. The van der Waals surface area contributed by atoms with Crippen molar-refractivity contribution in [2.24, 2.45) is 0 Å². The molecule has 0 saturated carbocycles. The van der Waals surface area contributed by atoms with Crippen molar-refractivity contribution < 1.29 is 110 Å². The summed E-state index contributed by atoms with van der Waals surface area (Å²) >= 11 is 0. The van der Waals surface area contributed by atoms with Gasteiger partial charge < -0.3 is 60.3 Å². The van der Waals surface area contributed by atoms with Crippen LogP contribution in [0.5, 0.6) is 0 Å². The van der Waals surface area contributed by atoms with Gasteiger partial charge in [-0.3, -0.25) is 29.3 Å². The monoisotopic (exact) mass is 477 g/mol. The number of hydrogen-bond acceptors (Lipinski definition) is 12. The molecule has 0 N–H and O–H groups in total. The molecule has 0 aliphatic carbocycles. The summed E-state index contributed by atoms with van der Waals surface area (Å²) in [6, 6.07) is 0. The van der Waals surface area contributed by atoms with Gasteiger partial charge in [0.1, 0.15) is 0 Å². The molecule has 0 amide bonds. The first-order chi connectivity index (χ1) is 6.93. The first-order valence-electron chi connectivity index (χ1n) is 2.83. The van der Waals surface area contributed by atoms with Gasteiger partial charge in [0.15, 0.2) is 0 Å². The van der Waals surface area contributed by atoms with Crippen LogP contribution in [-0.2, 0) is 0 Å². The third-order valence-corrected chi connectivity index (χ3v) is 0. The van der Waals surface area contributed by atoms with Crippen LogP contribution in [0.2, 0.25) is 0 Å². The first-order valence-corrected chi connectivity index (χ1v) is 2.83. The molecule has 0 heterocycles. The predicted octanol–water partition coefficient (Wildman–Crippen LogP) is -16.2. The fourth-order valence-electron chi connectivity index (χ4n) is 0. The largest absolute Gasteiger partial charge is 2.00 e. The van der Waals surface area contributed by atoms with Crippen molar-refractivity contribution in [2.75, 3.05) is 0 Å². The van der Waals surface area contributed by atoms with Crippen LogP contribution in [0.4, 0.5) is 0 Å². The summed E-state index contributed by atoms with van der Waals surface area (Å²) in [5, 5.41) is 101. The second-order valence-corrected chi connectivity index (χ2v) is 1.15. The molecule has 1 radical (unpaired) electrons. The normalized spacial score (nSPS) is 6.00. The minimum absolute atomic E-state index is 0. The standard InChI is InChI=1S/4BO3.Eu.Sr/c4*2-1(3)4;;/q4*-3;2*+2. The summed E-state index contributed by atoms with van der Waals surface area (Å²) < 4.78 is 0. The van der Waals surface area contributed by atoms with Gasteiger partial charge in [-0.05, 0) is 0 Å². The average Bonchev–Trinajstić information content (AvgIpc) is 1.76. The Labute approximate surface area is 181 Å². The molecular formula is B4EuO12Sr-8. The van der Waals surface area contributed by atoms with E-state index in [0.29, 0.717) is 0 Å². The van der Waals surface area contributed by atoms with E-state index in [9.17, 15) is 0 Å². The van der Waals surface area contributed by atoms with Gasteiger partial charge in [0.25, 0.3) is 0 Å². The zero-order valence-corrected chi connectivity index (χ0v) is 14.2. The maximum atomic E-state index is 8.42. The van der Waals surface area contributed by atoms with Crippen LogP contribution in [-0.4, -0.2) is 74.8 Å². The summed E-state index contributed by atoms with van der Waals surface area (Å²) in [5.41, 5.74) is 0. The average molecular weight is 475 g/mol. The Balaban J connectivity index is -0.0000000257. The molecule has 0 spiro atoms. The molecule has 18 heteroatoms. The van der Waals surface area contributed by atoms with Crippen molar-refractivity contribution in [3.05, 3.63) is 0 Å². The van der Waals surface area contributed by atoms with Crippen LogP contribution < -0.4 is 60.3 Å². The van der Waals surface area contributed by atoms with Crippen LogP contribution in [0, 0.1) is 49.4 Å². The summed E-state index contributed by atoms with van der Waals surface area (Å²) in [6.07, 6.45) is 0. The third-order valence-electron chi connectivity index (χ3n) is 0. The van der Waals surface area contributed by atoms with Crippen molar-refractivity contribution >= 4 is 74.8 Å². The van der Waals surface area contributed by atoms with E-state index in [0.717, 1.165) is 0 Å². The van der Waals surface area contributed by atoms with Crippen LogP contribution in [0.3, 0.4) is 0 Å². The molecule has 18 heavy (non-hydrogen) atoms. The van der Waals surface area contributed by atoms with E-state index in [1.807, 2.05) is 0 Å². The maximum Gasteiger partial charge on any atom is 2.00 e. The molecule has 0 atom stereocenters. The van der Waals surface area contributed by atoms with Crippen molar-refractivity contribution in [3.8, 4) is 0 Å². The van der Waals surface area contributed by atoms with Crippen molar-refractivity contribution in [2.45, 2.75) is 0 Å². The molecule has 0 unspecified atom stereocenters. The number of hydrogen-bond donors (Lipinski definition) is 0. The molecule has 0 bridgehead atoms. The Hall–Kier alpha value is 2.84. The zero-order valence-electron chi connectivity index (χ0n) is 8.29. The van der Waals surface area contributed by atoms with Crippen LogP contribution in [0.25, 0.3) is 0 Å². The van der Waals surface area contributed by atoms with Gasteiger partial charge in [-0.2, -0.15) is 0 Å². The van der Waals surface area contributed by atoms with Crippen LogP contribution in [0.15, 0.2) is 0 Å². The van der Waals surface area contributed by atoms with Gasteiger partial charge in [-0.25, -0.2) is 0 Å². The molecule has 0 rings (SSSR count). The molecular weight excluding hydrogens is 475 g/mol. The molecule has 0 aromatic heterocycles. The van der Waals surface area contributed by atoms with Gasteiger partial charge in [0.2, 0.25) is 0 Å². The predicted molar refractivity (Wildman–Crippen MR) is 28.8 cm³/mol. The quantitative estimate of drug-likeness (QED) is 0.295. The van der Waals surface area contributed by atoms with E-state index >= 15 is 0 Å². The number of rotatable bonds is 0. The van der Waals surface area contributed by atoms with Gasteiger partial charge in [-0.1, -0.05) is 0 Å². The molecule has 0 saturated heterocycles. The van der Waals surface area contributed by atoms with Gasteiger partial charge >= 0.3 is 94.9 Å². The Kier molecular flexibility index (Phi) is 66.2. The van der Waals surface area contributed by atoms with Crippen molar-refractivity contribution in [1.82, 2.24) is 0 Å². The topological polar surface area (TPSA) is 277 Å². The summed E-state index contributed by atoms with van der Waals surface area (Å²) in [5.74, 6) is 0. The molecule has 0 aliphatic rings. The molecule has 0 aromatic carbocycles. The molecule has 0 fully saturated rings. The van der Waals surface area contributed by atoms with Gasteiger partial charge in [0.05, 0.1) is 0 Å². The van der Waals surface area contributed by atoms with Gasteiger partial charge in [0, 0.05) is 0 Å². The van der Waals surface area contributed by atoms with E-state index in [1.165, 1.54) is 0 Å². The van der Waals surface area contributed by atoms with Gasteiger partial charge in [-0.15, -0.1) is 0 Å². The van der Waals surface area contributed by atoms with E-state index in [2.05, 4.69) is 0 Å². The second kappa shape index (κ2) is 32.0. The van der Waals surface area contributed by atoms with Crippen molar-refractivity contribution in [3.63, 3.8) is 0 Å². The first kappa shape index (κ1) is 37.3. The summed E-state index contributed by atoms with van der Waals surface area (Å²) in [6.45, 7) is 0. The second-order valence-electron chi connectivity index (χ2n) is 1.15. The molecule has 0 aromatic rings. The summed E-state index contributed by atoms with van der Waals surface area (Å²) in [4.78, 5) is 0. The van der Waals surface area contributed by atoms with Crippen molar-refractivity contribution in [1.29, 1.82) is 0 Å². The minimum Gasteiger partial charge on any atom is -0.907 e. The molecule has 0 aliphatic heterocycles. The fourth-order valence-corrected chi connectivity index (χ4v) is 0. The Morgan fingerprint density at radius 3 is 0.333 bits per heavy atom. The molecule has 101 valence electrons. The smallest absolute Gasteiger partial charge is 0.907 e. The van der Waals surface area contributed by atoms with E-state index < -0.39 is 29.3 Å². The van der Waals surface area contributed by atoms with Crippen LogP contribution >= 0.6 is 0 Å². The van der Waals surface area contributed by atoms with E-state index in [-0.39, 0.29) is 94.9 Å². The van der Waals surface area contributed by atoms with Crippen LogP contribution in [0.1, 0.15) is 0 Å². The van der Waals surface area contributed by atoms with E-state index in [1.54, 1.807) is 0 Å². The maximum absolute atomic E-state index is 8.42. The SMILES string of the molecule is [Eu+2].[O-]B([O-])[O-].[O-]B([O-])[O-].[O-]B([O-])[O-].[O-]B([O-])[O-].[Sr+2]. The Bertz CT molecular complexity index is 67.1. The molecule has 12 nitrogen and oxygen atoms in total. The third kappa shape index (κ3) is 742. The minimum atomic E-state index is -2.92.